The number of nitrogens with zero attached hydrogens (tertiary/aromatic N) is 3. The minimum absolute atomic E-state index is 0.569. The van der Waals surface area contributed by atoms with E-state index in [2.05, 4.69) is 50.9 Å². The monoisotopic (exact) mass is 339 g/mol. The normalized spacial score (nSPS) is 16.5. The molecule has 0 aliphatic heterocycles. The summed E-state index contributed by atoms with van der Waals surface area (Å²) in [6.07, 6.45) is 7.02. The summed E-state index contributed by atoms with van der Waals surface area (Å²) in [6.45, 7) is 0. The standard InChI is InChI=1S/C13H14IN3/c14-11-5-3-4-10(8-11)13-15-9-17(16-13)12-6-1-2-7-12/h3-5,8-9,12H,1-2,6-7H2. The minimum atomic E-state index is 0.569. The zero-order valence-corrected chi connectivity index (χ0v) is 11.7. The maximum atomic E-state index is 4.61. The van der Waals surface area contributed by atoms with E-state index >= 15 is 0 Å². The number of rotatable bonds is 2. The number of aromatic nitrogens is 3. The molecule has 0 bridgehead atoms. The van der Waals surface area contributed by atoms with Gasteiger partial charge in [0, 0.05) is 9.13 Å². The summed E-state index contributed by atoms with van der Waals surface area (Å²) in [4.78, 5) is 4.42. The lowest BCUT2D eigenvalue weighted by atomic mass is 10.2. The third-order valence-electron chi connectivity index (χ3n) is 3.29. The predicted molar refractivity (Wildman–Crippen MR) is 75.7 cm³/mol. The summed E-state index contributed by atoms with van der Waals surface area (Å²) in [7, 11) is 0. The number of hydrogen-bond acceptors (Lipinski definition) is 2. The van der Waals surface area contributed by atoms with Gasteiger partial charge in [-0.15, -0.1) is 0 Å². The van der Waals surface area contributed by atoms with Crippen molar-refractivity contribution in [3.05, 3.63) is 34.2 Å². The Morgan fingerprint density at radius 1 is 1.24 bits per heavy atom. The van der Waals surface area contributed by atoms with Gasteiger partial charge in [-0.05, 0) is 47.6 Å². The second kappa shape index (κ2) is 4.76. The van der Waals surface area contributed by atoms with Crippen molar-refractivity contribution in [2.75, 3.05) is 0 Å². The van der Waals surface area contributed by atoms with Crippen LogP contribution in [0.25, 0.3) is 11.4 Å². The highest BCUT2D eigenvalue weighted by molar-refractivity contribution is 14.1. The highest BCUT2D eigenvalue weighted by atomic mass is 127. The summed E-state index contributed by atoms with van der Waals surface area (Å²) in [5.41, 5.74) is 1.11. The molecular weight excluding hydrogens is 325 g/mol. The summed E-state index contributed by atoms with van der Waals surface area (Å²) in [5.74, 6) is 0.843. The molecule has 4 heteroatoms. The lowest BCUT2D eigenvalue weighted by molar-refractivity contribution is 0.466. The molecule has 2 aromatic rings. The molecule has 3 rings (SSSR count). The maximum Gasteiger partial charge on any atom is 0.181 e. The van der Waals surface area contributed by atoms with Crippen LogP contribution in [-0.4, -0.2) is 14.8 Å². The first-order chi connectivity index (χ1) is 8.33. The van der Waals surface area contributed by atoms with Gasteiger partial charge in [0.1, 0.15) is 6.33 Å². The van der Waals surface area contributed by atoms with Crippen LogP contribution in [0.4, 0.5) is 0 Å². The second-order valence-corrected chi connectivity index (χ2v) is 5.74. The van der Waals surface area contributed by atoms with Gasteiger partial charge >= 0.3 is 0 Å². The fraction of sp³-hybridized carbons (Fsp3) is 0.385. The van der Waals surface area contributed by atoms with Gasteiger partial charge < -0.3 is 0 Å². The molecule has 1 heterocycles. The van der Waals surface area contributed by atoms with Crippen LogP contribution in [0.2, 0.25) is 0 Å². The van der Waals surface area contributed by atoms with Crippen molar-refractivity contribution < 1.29 is 0 Å². The molecule has 0 N–H and O–H groups in total. The molecule has 88 valence electrons. The molecule has 3 nitrogen and oxygen atoms in total. The van der Waals surface area contributed by atoms with Gasteiger partial charge in [0.25, 0.3) is 0 Å². The highest BCUT2D eigenvalue weighted by Crippen LogP contribution is 2.29. The first-order valence-corrected chi connectivity index (χ1v) is 7.08. The van der Waals surface area contributed by atoms with Crippen molar-refractivity contribution >= 4 is 22.6 Å². The largest absolute Gasteiger partial charge is 0.249 e. The first-order valence-electron chi connectivity index (χ1n) is 6.00. The Morgan fingerprint density at radius 3 is 2.82 bits per heavy atom. The van der Waals surface area contributed by atoms with Crippen molar-refractivity contribution in [1.29, 1.82) is 0 Å². The Bertz CT molecular complexity index is 515. The van der Waals surface area contributed by atoms with E-state index in [0.717, 1.165) is 11.4 Å². The fourth-order valence-corrected chi connectivity index (χ4v) is 2.92. The number of benzene rings is 1. The van der Waals surface area contributed by atoms with Gasteiger partial charge in [0.05, 0.1) is 6.04 Å². The van der Waals surface area contributed by atoms with E-state index in [-0.39, 0.29) is 0 Å². The molecule has 1 aliphatic rings. The van der Waals surface area contributed by atoms with Gasteiger partial charge in [-0.1, -0.05) is 25.0 Å². The van der Waals surface area contributed by atoms with Gasteiger partial charge in [-0.25, -0.2) is 9.67 Å². The van der Waals surface area contributed by atoms with Crippen LogP contribution in [0.1, 0.15) is 31.7 Å². The molecule has 1 aromatic carbocycles. The SMILES string of the molecule is Ic1cccc(-c2ncn(C3CCCC3)n2)c1. The van der Waals surface area contributed by atoms with Crippen molar-refractivity contribution in [3.8, 4) is 11.4 Å². The van der Waals surface area contributed by atoms with Crippen molar-refractivity contribution in [3.63, 3.8) is 0 Å². The molecule has 1 aromatic heterocycles. The molecule has 1 aliphatic carbocycles. The Hall–Kier alpha value is -0.910. The van der Waals surface area contributed by atoms with E-state index in [0.29, 0.717) is 6.04 Å². The molecule has 0 unspecified atom stereocenters. The average molecular weight is 339 g/mol. The molecule has 1 fully saturated rings. The summed E-state index contributed by atoms with van der Waals surface area (Å²) >= 11 is 2.31. The molecule has 0 spiro atoms. The molecule has 0 amide bonds. The molecule has 0 saturated heterocycles. The molecule has 1 saturated carbocycles. The van der Waals surface area contributed by atoms with E-state index in [1.165, 1.54) is 29.3 Å². The van der Waals surface area contributed by atoms with Gasteiger partial charge in [0.15, 0.2) is 5.82 Å². The third kappa shape index (κ3) is 2.36. The zero-order valence-electron chi connectivity index (χ0n) is 9.51. The summed E-state index contributed by atoms with van der Waals surface area (Å²) < 4.78 is 3.26. The Balaban J connectivity index is 1.89. The van der Waals surface area contributed by atoms with Crippen molar-refractivity contribution in [1.82, 2.24) is 14.8 Å². The fourth-order valence-electron chi connectivity index (χ4n) is 2.38. The second-order valence-electron chi connectivity index (χ2n) is 4.50. The van der Waals surface area contributed by atoms with Gasteiger partial charge in [-0.3, -0.25) is 0 Å². The van der Waals surface area contributed by atoms with E-state index in [1.54, 1.807) is 0 Å². The topological polar surface area (TPSA) is 30.7 Å². The molecule has 0 atom stereocenters. The lowest BCUT2D eigenvalue weighted by Gasteiger charge is -2.07. The van der Waals surface area contributed by atoms with Crippen LogP contribution in [0.5, 0.6) is 0 Å². The quantitative estimate of drug-likeness (QED) is 0.782. The van der Waals surface area contributed by atoms with Crippen LogP contribution >= 0.6 is 22.6 Å². The minimum Gasteiger partial charge on any atom is -0.249 e. The summed E-state index contributed by atoms with van der Waals surface area (Å²) in [5, 5.41) is 4.61. The number of halogens is 1. The Morgan fingerprint density at radius 2 is 2.06 bits per heavy atom. The van der Waals surface area contributed by atoms with E-state index in [4.69, 9.17) is 0 Å². The van der Waals surface area contributed by atoms with Crippen LogP contribution in [0.15, 0.2) is 30.6 Å². The lowest BCUT2D eigenvalue weighted by Crippen LogP contribution is -2.04. The van der Waals surface area contributed by atoms with E-state index in [9.17, 15) is 0 Å². The highest BCUT2D eigenvalue weighted by Gasteiger charge is 2.18. The first kappa shape index (κ1) is 11.2. The average Bonchev–Trinajstić information content (AvgIpc) is 3.00. The Kier molecular flexibility index (Phi) is 3.13. The van der Waals surface area contributed by atoms with Crippen LogP contribution in [0, 0.1) is 3.57 Å². The Labute approximate surface area is 114 Å². The third-order valence-corrected chi connectivity index (χ3v) is 3.96. The maximum absolute atomic E-state index is 4.61. The smallest absolute Gasteiger partial charge is 0.181 e. The van der Waals surface area contributed by atoms with Crippen LogP contribution in [-0.2, 0) is 0 Å². The van der Waals surface area contributed by atoms with Gasteiger partial charge in [-0.2, -0.15) is 5.10 Å². The molecule has 17 heavy (non-hydrogen) atoms. The number of hydrogen-bond donors (Lipinski definition) is 0. The van der Waals surface area contributed by atoms with Crippen molar-refractivity contribution in [2.24, 2.45) is 0 Å². The predicted octanol–water partition coefficient (Wildman–Crippen LogP) is 3.66. The zero-order chi connectivity index (χ0) is 11.7. The van der Waals surface area contributed by atoms with E-state index in [1.807, 2.05) is 17.1 Å². The molecule has 0 radical (unpaired) electrons. The van der Waals surface area contributed by atoms with Crippen molar-refractivity contribution in [2.45, 2.75) is 31.7 Å². The van der Waals surface area contributed by atoms with Crippen LogP contribution in [0.3, 0.4) is 0 Å². The van der Waals surface area contributed by atoms with Crippen LogP contribution < -0.4 is 0 Å². The van der Waals surface area contributed by atoms with E-state index < -0.39 is 0 Å². The molecular formula is C13H14IN3. The summed E-state index contributed by atoms with van der Waals surface area (Å²) in [6, 6.07) is 8.88. The van der Waals surface area contributed by atoms with Gasteiger partial charge in [0.2, 0.25) is 0 Å².